The quantitative estimate of drug-likeness (QED) is 0.829. The highest BCUT2D eigenvalue weighted by Gasteiger charge is 2.34. The molecular weight excluding hydrogens is 234 g/mol. The van der Waals surface area contributed by atoms with Gasteiger partial charge in [-0.1, -0.05) is 17.7 Å². The second-order valence-corrected chi connectivity index (χ2v) is 5.90. The van der Waals surface area contributed by atoms with Crippen molar-refractivity contribution >= 4 is 17.3 Å². The molecule has 1 aliphatic rings. The number of anilines is 1. The number of rotatable bonds is 1. The molecule has 1 atom stereocenters. The van der Waals surface area contributed by atoms with Gasteiger partial charge in [-0.3, -0.25) is 0 Å². The van der Waals surface area contributed by atoms with E-state index >= 15 is 0 Å². The van der Waals surface area contributed by atoms with Crippen molar-refractivity contribution in [2.45, 2.75) is 45.3 Å². The predicted octanol–water partition coefficient (Wildman–Crippen LogP) is 3.39. The molecule has 1 aromatic carbocycles. The summed E-state index contributed by atoms with van der Waals surface area (Å²) in [5, 5.41) is 10.6. The van der Waals surface area contributed by atoms with Crippen LogP contribution in [0.1, 0.15) is 32.3 Å². The Labute approximate surface area is 108 Å². The molecule has 94 valence electrons. The minimum absolute atomic E-state index is 0.0207. The average Bonchev–Trinajstić information content (AvgIpc) is 2.22. The van der Waals surface area contributed by atoms with E-state index in [1.54, 1.807) is 0 Å². The maximum absolute atomic E-state index is 9.78. The lowest BCUT2D eigenvalue weighted by atomic mass is 9.87. The molecule has 2 rings (SSSR count). The van der Waals surface area contributed by atoms with E-state index in [-0.39, 0.29) is 11.6 Å². The number of nitrogens with zero attached hydrogens (tertiary/aromatic N) is 1. The van der Waals surface area contributed by atoms with Crippen molar-refractivity contribution in [2.24, 2.45) is 0 Å². The van der Waals surface area contributed by atoms with Crippen molar-refractivity contribution in [2.75, 3.05) is 11.4 Å². The van der Waals surface area contributed by atoms with Crippen LogP contribution in [0, 0.1) is 6.92 Å². The summed E-state index contributed by atoms with van der Waals surface area (Å²) in [6.45, 7) is 7.29. The summed E-state index contributed by atoms with van der Waals surface area (Å²) in [5.41, 5.74) is 2.29. The zero-order valence-corrected chi connectivity index (χ0v) is 11.5. The van der Waals surface area contributed by atoms with Gasteiger partial charge in [-0.05, 0) is 51.3 Å². The third kappa shape index (κ3) is 2.43. The molecule has 0 spiro atoms. The molecule has 1 aromatic rings. The Balaban J connectivity index is 2.36. The van der Waals surface area contributed by atoms with Crippen LogP contribution in [0.4, 0.5) is 5.69 Å². The minimum Gasteiger partial charge on any atom is -0.393 e. The number of piperidine rings is 1. The van der Waals surface area contributed by atoms with E-state index in [0.29, 0.717) is 0 Å². The first-order chi connectivity index (χ1) is 7.92. The predicted molar refractivity (Wildman–Crippen MR) is 72.9 cm³/mol. The SMILES string of the molecule is Cc1c(Cl)cccc1N1CCC(O)CC1(C)C. The van der Waals surface area contributed by atoms with E-state index < -0.39 is 0 Å². The van der Waals surface area contributed by atoms with Crippen LogP contribution < -0.4 is 4.90 Å². The molecule has 17 heavy (non-hydrogen) atoms. The van der Waals surface area contributed by atoms with E-state index in [4.69, 9.17) is 11.6 Å². The highest BCUT2D eigenvalue weighted by Crippen LogP contribution is 2.36. The Morgan fingerprint density at radius 2 is 2.12 bits per heavy atom. The molecule has 1 N–H and O–H groups in total. The topological polar surface area (TPSA) is 23.5 Å². The number of benzene rings is 1. The van der Waals surface area contributed by atoms with Gasteiger partial charge in [0.1, 0.15) is 0 Å². The fraction of sp³-hybridized carbons (Fsp3) is 0.571. The van der Waals surface area contributed by atoms with Gasteiger partial charge in [0, 0.05) is 22.8 Å². The molecule has 0 bridgehead atoms. The summed E-state index contributed by atoms with van der Waals surface area (Å²) in [6, 6.07) is 6.03. The van der Waals surface area contributed by atoms with E-state index in [9.17, 15) is 5.11 Å². The third-order valence-electron chi connectivity index (χ3n) is 3.68. The summed E-state index contributed by atoms with van der Waals surface area (Å²) >= 11 is 6.18. The lowest BCUT2D eigenvalue weighted by Gasteiger charge is -2.46. The zero-order chi connectivity index (χ0) is 12.6. The second kappa shape index (κ2) is 4.51. The van der Waals surface area contributed by atoms with E-state index in [2.05, 4.69) is 31.7 Å². The van der Waals surface area contributed by atoms with E-state index in [1.807, 2.05) is 12.1 Å². The molecule has 0 amide bonds. The summed E-state index contributed by atoms with van der Waals surface area (Å²) in [7, 11) is 0. The van der Waals surface area contributed by atoms with Crippen LogP contribution in [-0.2, 0) is 0 Å². The normalized spacial score (nSPS) is 23.8. The molecule has 0 aliphatic carbocycles. The van der Waals surface area contributed by atoms with Gasteiger partial charge in [-0.2, -0.15) is 0 Å². The van der Waals surface area contributed by atoms with Gasteiger partial charge < -0.3 is 10.0 Å². The first-order valence-electron chi connectivity index (χ1n) is 6.12. The van der Waals surface area contributed by atoms with E-state index in [1.165, 1.54) is 5.69 Å². The minimum atomic E-state index is -0.180. The molecule has 1 heterocycles. The fourth-order valence-electron chi connectivity index (χ4n) is 2.70. The van der Waals surface area contributed by atoms with Gasteiger partial charge in [0.25, 0.3) is 0 Å². The van der Waals surface area contributed by atoms with Gasteiger partial charge in [0.05, 0.1) is 6.10 Å². The van der Waals surface area contributed by atoms with Crippen molar-refractivity contribution in [1.82, 2.24) is 0 Å². The van der Waals surface area contributed by atoms with E-state index in [0.717, 1.165) is 30.0 Å². The highest BCUT2D eigenvalue weighted by molar-refractivity contribution is 6.31. The Morgan fingerprint density at radius 3 is 2.76 bits per heavy atom. The van der Waals surface area contributed by atoms with Crippen molar-refractivity contribution in [3.8, 4) is 0 Å². The smallest absolute Gasteiger partial charge is 0.0579 e. The molecule has 1 unspecified atom stereocenters. The molecule has 0 aromatic heterocycles. The number of aliphatic hydroxyl groups is 1. The van der Waals surface area contributed by atoms with Crippen LogP contribution in [-0.4, -0.2) is 23.3 Å². The lowest BCUT2D eigenvalue weighted by molar-refractivity contribution is 0.107. The molecular formula is C14H20ClNO. The molecule has 0 saturated carbocycles. The zero-order valence-electron chi connectivity index (χ0n) is 10.7. The van der Waals surface area contributed by atoms with Crippen molar-refractivity contribution < 1.29 is 5.11 Å². The molecule has 1 aliphatic heterocycles. The van der Waals surface area contributed by atoms with Gasteiger partial charge in [0.15, 0.2) is 0 Å². The molecule has 0 radical (unpaired) electrons. The van der Waals surface area contributed by atoms with Gasteiger partial charge >= 0.3 is 0 Å². The number of hydrogen-bond donors (Lipinski definition) is 1. The van der Waals surface area contributed by atoms with Crippen molar-refractivity contribution in [3.05, 3.63) is 28.8 Å². The number of hydrogen-bond acceptors (Lipinski definition) is 2. The maximum Gasteiger partial charge on any atom is 0.0579 e. The van der Waals surface area contributed by atoms with Gasteiger partial charge in [-0.15, -0.1) is 0 Å². The van der Waals surface area contributed by atoms with Gasteiger partial charge in [0.2, 0.25) is 0 Å². The summed E-state index contributed by atoms with van der Waals surface area (Å²) < 4.78 is 0. The molecule has 1 fully saturated rings. The fourth-order valence-corrected chi connectivity index (χ4v) is 2.87. The summed E-state index contributed by atoms with van der Waals surface area (Å²) in [4.78, 5) is 2.36. The molecule has 3 heteroatoms. The van der Waals surface area contributed by atoms with Crippen LogP contribution in [0.25, 0.3) is 0 Å². The summed E-state index contributed by atoms with van der Waals surface area (Å²) in [5.74, 6) is 0. The first-order valence-corrected chi connectivity index (χ1v) is 6.50. The van der Waals surface area contributed by atoms with Crippen molar-refractivity contribution in [1.29, 1.82) is 0 Å². The lowest BCUT2D eigenvalue weighted by Crippen LogP contribution is -2.52. The molecule has 1 saturated heterocycles. The number of halogens is 1. The van der Waals surface area contributed by atoms with Crippen LogP contribution in [0.15, 0.2) is 18.2 Å². The monoisotopic (exact) mass is 253 g/mol. The Kier molecular flexibility index (Phi) is 3.37. The van der Waals surface area contributed by atoms with Gasteiger partial charge in [-0.25, -0.2) is 0 Å². The Hall–Kier alpha value is -0.730. The average molecular weight is 254 g/mol. The highest BCUT2D eigenvalue weighted by atomic mass is 35.5. The van der Waals surface area contributed by atoms with Crippen LogP contribution in [0.3, 0.4) is 0 Å². The first kappa shape index (κ1) is 12.7. The Morgan fingerprint density at radius 1 is 1.41 bits per heavy atom. The maximum atomic E-state index is 9.78. The largest absolute Gasteiger partial charge is 0.393 e. The van der Waals surface area contributed by atoms with Crippen LogP contribution in [0.2, 0.25) is 5.02 Å². The Bertz CT molecular complexity index is 417. The van der Waals surface area contributed by atoms with Crippen LogP contribution >= 0.6 is 11.6 Å². The van der Waals surface area contributed by atoms with Crippen LogP contribution in [0.5, 0.6) is 0 Å². The summed E-state index contributed by atoms with van der Waals surface area (Å²) in [6.07, 6.45) is 1.45. The number of aliphatic hydroxyl groups excluding tert-OH is 1. The van der Waals surface area contributed by atoms with Crippen molar-refractivity contribution in [3.63, 3.8) is 0 Å². The molecule has 2 nitrogen and oxygen atoms in total. The second-order valence-electron chi connectivity index (χ2n) is 5.49. The standard InChI is InChI=1S/C14H20ClNO/c1-10-12(15)5-4-6-13(10)16-8-7-11(17)9-14(16,2)3/h4-6,11,17H,7-9H2,1-3H3. The third-order valence-corrected chi connectivity index (χ3v) is 4.09.